The zero-order valence-electron chi connectivity index (χ0n) is 18.8. The molecule has 8 nitrogen and oxygen atoms in total. The van der Waals surface area contributed by atoms with E-state index in [0.29, 0.717) is 39.2 Å². The van der Waals surface area contributed by atoms with Gasteiger partial charge in [-0.3, -0.25) is 9.59 Å². The molecule has 1 aromatic carbocycles. The topological polar surface area (TPSA) is 87.7 Å². The number of hydrogen-bond donors (Lipinski definition) is 1. The van der Waals surface area contributed by atoms with Crippen molar-refractivity contribution < 1.29 is 14.3 Å². The standard InChI is InChI=1S/C24H31N5O3/c1-25-21-15-20(19-14-22(30)29(16-19)12-13-32-2)26-23(27-21)17-8-10-28(11-9-17)24(31)18-6-4-3-5-7-18/h3-7,15,17,19H,8-14,16H2,1-2H3,(H,25,26,27). The number of carbonyl (C=O) groups excluding carboxylic acids is 2. The molecule has 2 aromatic rings. The van der Waals surface area contributed by atoms with E-state index >= 15 is 0 Å². The number of nitrogens with zero attached hydrogens (tertiary/aromatic N) is 4. The lowest BCUT2D eigenvalue weighted by Crippen LogP contribution is -2.38. The highest BCUT2D eigenvalue weighted by atomic mass is 16.5. The minimum atomic E-state index is 0.0629. The summed E-state index contributed by atoms with van der Waals surface area (Å²) in [5.41, 5.74) is 1.64. The van der Waals surface area contributed by atoms with Gasteiger partial charge < -0.3 is 19.9 Å². The number of likely N-dealkylation sites (tertiary alicyclic amines) is 2. The molecule has 4 rings (SSSR count). The van der Waals surface area contributed by atoms with E-state index in [2.05, 4.69) is 5.32 Å². The van der Waals surface area contributed by atoms with Gasteiger partial charge in [0.15, 0.2) is 0 Å². The van der Waals surface area contributed by atoms with Crippen LogP contribution < -0.4 is 5.32 Å². The predicted octanol–water partition coefficient (Wildman–Crippen LogP) is 2.50. The van der Waals surface area contributed by atoms with Gasteiger partial charge in [0, 0.05) is 70.2 Å². The molecular formula is C24H31N5O3. The first-order chi connectivity index (χ1) is 15.6. The van der Waals surface area contributed by atoms with E-state index in [1.165, 1.54) is 0 Å². The number of piperidine rings is 1. The van der Waals surface area contributed by atoms with Gasteiger partial charge in [0.05, 0.1) is 12.3 Å². The Balaban J connectivity index is 1.44. The Kier molecular flexibility index (Phi) is 6.99. The maximum atomic E-state index is 12.7. The summed E-state index contributed by atoms with van der Waals surface area (Å²) in [7, 11) is 3.49. The van der Waals surface area contributed by atoms with Crippen molar-refractivity contribution in [2.24, 2.45) is 0 Å². The second kappa shape index (κ2) is 10.1. The minimum Gasteiger partial charge on any atom is -0.383 e. The van der Waals surface area contributed by atoms with E-state index in [0.717, 1.165) is 35.7 Å². The Bertz CT molecular complexity index is 944. The number of aromatic nitrogens is 2. The van der Waals surface area contributed by atoms with Crippen LogP contribution in [0.3, 0.4) is 0 Å². The maximum Gasteiger partial charge on any atom is 0.253 e. The number of nitrogens with one attached hydrogen (secondary N) is 1. The number of methoxy groups -OCH3 is 1. The minimum absolute atomic E-state index is 0.0629. The van der Waals surface area contributed by atoms with Crippen LogP contribution >= 0.6 is 0 Å². The third kappa shape index (κ3) is 4.91. The molecule has 2 saturated heterocycles. The van der Waals surface area contributed by atoms with Crippen LogP contribution in [0.15, 0.2) is 36.4 Å². The number of rotatable bonds is 7. The molecule has 32 heavy (non-hydrogen) atoms. The Morgan fingerprint density at radius 3 is 2.59 bits per heavy atom. The van der Waals surface area contributed by atoms with E-state index in [4.69, 9.17) is 14.7 Å². The van der Waals surface area contributed by atoms with Crippen molar-refractivity contribution in [2.75, 3.05) is 52.3 Å². The summed E-state index contributed by atoms with van der Waals surface area (Å²) in [6.07, 6.45) is 2.12. The molecule has 0 radical (unpaired) electrons. The van der Waals surface area contributed by atoms with Crippen LogP contribution in [0.2, 0.25) is 0 Å². The second-order valence-electron chi connectivity index (χ2n) is 8.45. The lowest BCUT2D eigenvalue weighted by molar-refractivity contribution is -0.128. The van der Waals surface area contributed by atoms with Gasteiger partial charge >= 0.3 is 0 Å². The largest absolute Gasteiger partial charge is 0.383 e. The van der Waals surface area contributed by atoms with Crippen LogP contribution in [0.5, 0.6) is 0 Å². The first kappa shape index (κ1) is 22.2. The van der Waals surface area contributed by atoms with Crippen molar-refractivity contribution in [3.63, 3.8) is 0 Å². The predicted molar refractivity (Wildman–Crippen MR) is 122 cm³/mol. The number of ether oxygens (including phenoxy) is 1. The van der Waals surface area contributed by atoms with E-state index in [9.17, 15) is 9.59 Å². The number of anilines is 1. The summed E-state index contributed by atoms with van der Waals surface area (Å²) in [4.78, 5) is 38.5. The normalized spacial score (nSPS) is 19.4. The monoisotopic (exact) mass is 437 g/mol. The Hall–Kier alpha value is -3.00. The molecule has 8 heteroatoms. The first-order valence-corrected chi connectivity index (χ1v) is 11.3. The highest BCUT2D eigenvalue weighted by Crippen LogP contribution is 2.32. The molecule has 1 unspecified atom stereocenters. The maximum absolute atomic E-state index is 12.7. The number of benzene rings is 1. The van der Waals surface area contributed by atoms with Gasteiger partial charge in [0.1, 0.15) is 11.6 Å². The summed E-state index contributed by atoms with van der Waals surface area (Å²) >= 11 is 0. The molecule has 170 valence electrons. The zero-order valence-corrected chi connectivity index (χ0v) is 18.8. The van der Waals surface area contributed by atoms with Crippen LogP contribution in [0.4, 0.5) is 5.82 Å². The molecule has 0 aliphatic carbocycles. The van der Waals surface area contributed by atoms with Crippen molar-refractivity contribution in [2.45, 2.75) is 31.1 Å². The average Bonchev–Trinajstić information content (AvgIpc) is 3.23. The number of amides is 2. The lowest BCUT2D eigenvalue weighted by Gasteiger charge is -2.31. The second-order valence-corrected chi connectivity index (χ2v) is 8.45. The van der Waals surface area contributed by atoms with E-state index in [1.54, 1.807) is 7.11 Å². The van der Waals surface area contributed by atoms with Crippen molar-refractivity contribution in [3.8, 4) is 0 Å². The quantitative estimate of drug-likeness (QED) is 0.716. The third-order valence-electron chi connectivity index (χ3n) is 6.39. The number of carbonyl (C=O) groups is 2. The van der Waals surface area contributed by atoms with Gasteiger partial charge in [-0.15, -0.1) is 0 Å². The van der Waals surface area contributed by atoms with Crippen molar-refractivity contribution in [1.29, 1.82) is 0 Å². The molecule has 2 aliphatic rings. The fraction of sp³-hybridized carbons (Fsp3) is 0.500. The molecule has 2 aliphatic heterocycles. The summed E-state index contributed by atoms with van der Waals surface area (Å²) in [5, 5.41) is 3.14. The SMILES string of the molecule is CNc1cc(C2CC(=O)N(CCOC)C2)nc(C2CCN(C(=O)c3ccccc3)CC2)n1. The average molecular weight is 438 g/mol. The highest BCUT2D eigenvalue weighted by Gasteiger charge is 2.33. The molecule has 0 bridgehead atoms. The molecule has 3 heterocycles. The van der Waals surface area contributed by atoms with Crippen LogP contribution in [0.25, 0.3) is 0 Å². The van der Waals surface area contributed by atoms with Crippen molar-refractivity contribution in [1.82, 2.24) is 19.8 Å². The molecule has 2 fully saturated rings. The Labute approximate surface area is 189 Å². The lowest BCUT2D eigenvalue weighted by atomic mass is 9.94. The van der Waals surface area contributed by atoms with Gasteiger partial charge in [-0.05, 0) is 25.0 Å². The molecule has 0 spiro atoms. The van der Waals surface area contributed by atoms with E-state index in [1.807, 2.05) is 53.2 Å². The van der Waals surface area contributed by atoms with Gasteiger partial charge in [0.25, 0.3) is 5.91 Å². The molecule has 0 saturated carbocycles. The van der Waals surface area contributed by atoms with Gasteiger partial charge in [0.2, 0.25) is 5.91 Å². The fourth-order valence-corrected chi connectivity index (χ4v) is 4.50. The van der Waals surface area contributed by atoms with Crippen LogP contribution in [-0.2, 0) is 9.53 Å². The summed E-state index contributed by atoms with van der Waals surface area (Å²) in [6, 6.07) is 11.4. The molecule has 1 aromatic heterocycles. The van der Waals surface area contributed by atoms with Gasteiger partial charge in [-0.25, -0.2) is 9.97 Å². The van der Waals surface area contributed by atoms with Crippen LogP contribution in [0, 0.1) is 0 Å². The van der Waals surface area contributed by atoms with Crippen molar-refractivity contribution >= 4 is 17.6 Å². The van der Waals surface area contributed by atoms with Crippen LogP contribution in [0.1, 0.15) is 53.0 Å². The Morgan fingerprint density at radius 1 is 1.16 bits per heavy atom. The fourth-order valence-electron chi connectivity index (χ4n) is 4.50. The molecular weight excluding hydrogens is 406 g/mol. The summed E-state index contributed by atoms with van der Waals surface area (Å²) in [5.74, 6) is 2.06. The molecule has 2 amide bonds. The highest BCUT2D eigenvalue weighted by molar-refractivity contribution is 5.94. The van der Waals surface area contributed by atoms with E-state index in [-0.39, 0.29) is 23.7 Å². The molecule has 1 N–H and O–H groups in total. The van der Waals surface area contributed by atoms with Crippen molar-refractivity contribution in [3.05, 3.63) is 53.5 Å². The zero-order chi connectivity index (χ0) is 22.5. The van der Waals surface area contributed by atoms with Gasteiger partial charge in [-0.1, -0.05) is 18.2 Å². The van der Waals surface area contributed by atoms with Crippen LogP contribution in [-0.4, -0.2) is 78.5 Å². The van der Waals surface area contributed by atoms with E-state index < -0.39 is 0 Å². The smallest absolute Gasteiger partial charge is 0.253 e. The first-order valence-electron chi connectivity index (χ1n) is 11.3. The van der Waals surface area contributed by atoms with Gasteiger partial charge in [-0.2, -0.15) is 0 Å². The Morgan fingerprint density at radius 2 is 1.91 bits per heavy atom. The molecule has 1 atom stereocenters. The third-order valence-corrected chi connectivity index (χ3v) is 6.39. The summed E-state index contributed by atoms with van der Waals surface area (Å²) in [6.45, 7) is 3.18. The summed E-state index contributed by atoms with van der Waals surface area (Å²) < 4.78 is 5.12. The number of hydrogen-bond acceptors (Lipinski definition) is 6.